The molecule has 0 atom stereocenters. The molecule has 1 saturated heterocycles. The number of anilines is 1. The van der Waals surface area contributed by atoms with Crippen molar-refractivity contribution in [3.8, 4) is 16.9 Å². The Labute approximate surface area is 230 Å². The minimum atomic E-state index is -0.159. The number of benzene rings is 2. The Bertz CT molecular complexity index is 1440. The van der Waals surface area contributed by atoms with Crippen molar-refractivity contribution >= 4 is 29.2 Å². The van der Waals surface area contributed by atoms with Crippen molar-refractivity contribution in [2.24, 2.45) is 0 Å². The smallest absolute Gasteiger partial charge is 0.256 e. The summed E-state index contributed by atoms with van der Waals surface area (Å²) < 4.78 is 5.63. The predicted molar refractivity (Wildman–Crippen MR) is 157 cm³/mol. The van der Waals surface area contributed by atoms with Crippen LogP contribution in [-0.2, 0) is 4.79 Å². The molecule has 0 radical (unpaired) electrons. The molecule has 7 nitrogen and oxygen atoms in total. The Balaban J connectivity index is 1.40. The maximum absolute atomic E-state index is 13.1. The summed E-state index contributed by atoms with van der Waals surface area (Å²) >= 11 is 0. The number of hydrogen-bond acceptors (Lipinski definition) is 4. The molecule has 0 bridgehead atoms. The van der Waals surface area contributed by atoms with Gasteiger partial charge in [-0.25, -0.2) is 0 Å². The van der Waals surface area contributed by atoms with E-state index in [9.17, 15) is 9.59 Å². The van der Waals surface area contributed by atoms with Gasteiger partial charge in [-0.05, 0) is 86.7 Å². The molecule has 3 N–H and O–H groups in total. The van der Waals surface area contributed by atoms with E-state index in [1.165, 1.54) is 18.4 Å². The summed E-state index contributed by atoms with van der Waals surface area (Å²) in [6, 6.07) is 12.3. The molecule has 1 aromatic heterocycles. The molecule has 7 heteroatoms. The quantitative estimate of drug-likeness (QED) is 0.326. The summed E-state index contributed by atoms with van der Waals surface area (Å²) in [6.07, 6.45) is 4.32. The Hall–Kier alpha value is -3.84. The highest BCUT2D eigenvalue weighted by molar-refractivity contribution is 6.35. The summed E-state index contributed by atoms with van der Waals surface area (Å²) in [5.74, 6) is 0.947. The van der Waals surface area contributed by atoms with Gasteiger partial charge in [0.05, 0.1) is 18.2 Å². The van der Waals surface area contributed by atoms with Gasteiger partial charge in [0.2, 0.25) is 0 Å². The van der Waals surface area contributed by atoms with E-state index < -0.39 is 0 Å². The van der Waals surface area contributed by atoms with Crippen LogP contribution in [0.1, 0.15) is 71.0 Å². The number of ether oxygens (including phenoxy) is 1. The molecule has 39 heavy (non-hydrogen) atoms. The van der Waals surface area contributed by atoms with E-state index in [1.54, 1.807) is 7.11 Å². The number of aromatic nitrogens is 1. The van der Waals surface area contributed by atoms with Crippen molar-refractivity contribution in [1.82, 2.24) is 15.2 Å². The highest BCUT2D eigenvalue weighted by Crippen LogP contribution is 2.40. The Morgan fingerprint density at radius 3 is 2.59 bits per heavy atom. The summed E-state index contributed by atoms with van der Waals surface area (Å²) in [5.41, 5.74) is 8.43. The number of fused-ring (bicyclic) bond motifs is 1. The maximum Gasteiger partial charge on any atom is 0.256 e. The van der Waals surface area contributed by atoms with E-state index in [2.05, 4.69) is 46.5 Å². The SMILES string of the molecule is COc1ccc(C(C)C)cc1-c1ccc2c(c1)NC(=O)/C2=C\c1[nH]c(C)c(C(=O)NCCN2CCCC2)c1C. The number of carbonyl (C=O) groups excluding carboxylic acids is 2. The van der Waals surface area contributed by atoms with Gasteiger partial charge in [-0.2, -0.15) is 0 Å². The van der Waals surface area contributed by atoms with Gasteiger partial charge in [0.1, 0.15) is 5.75 Å². The van der Waals surface area contributed by atoms with Crippen LogP contribution in [0.3, 0.4) is 0 Å². The number of amides is 2. The van der Waals surface area contributed by atoms with Crippen molar-refractivity contribution in [3.63, 3.8) is 0 Å². The number of hydrogen-bond donors (Lipinski definition) is 3. The lowest BCUT2D eigenvalue weighted by Crippen LogP contribution is -2.33. The van der Waals surface area contributed by atoms with Crippen LogP contribution in [0.5, 0.6) is 5.75 Å². The largest absolute Gasteiger partial charge is 0.496 e. The van der Waals surface area contributed by atoms with Crippen LogP contribution in [0.2, 0.25) is 0 Å². The van der Waals surface area contributed by atoms with Crippen LogP contribution in [0.4, 0.5) is 5.69 Å². The average Bonchev–Trinajstić information content (AvgIpc) is 3.61. The van der Waals surface area contributed by atoms with Gasteiger partial charge >= 0.3 is 0 Å². The lowest BCUT2D eigenvalue weighted by Gasteiger charge is -2.14. The molecule has 1 fully saturated rings. The molecule has 0 spiro atoms. The molecule has 0 saturated carbocycles. The average molecular weight is 527 g/mol. The molecule has 3 heterocycles. The fourth-order valence-corrected chi connectivity index (χ4v) is 5.64. The van der Waals surface area contributed by atoms with Crippen molar-refractivity contribution < 1.29 is 14.3 Å². The zero-order valence-corrected chi connectivity index (χ0v) is 23.5. The number of rotatable bonds is 8. The Morgan fingerprint density at radius 1 is 1.10 bits per heavy atom. The number of aromatic amines is 1. The first-order chi connectivity index (χ1) is 18.8. The first-order valence-corrected chi connectivity index (χ1v) is 13.8. The van der Waals surface area contributed by atoms with E-state index in [-0.39, 0.29) is 11.8 Å². The van der Waals surface area contributed by atoms with Gasteiger partial charge in [-0.3, -0.25) is 9.59 Å². The van der Waals surface area contributed by atoms with Crippen molar-refractivity contribution in [3.05, 3.63) is 70.0 Å². The molecular formula is C32H38N4O3. The second kappa shape index (κ2) is 11.1. The van der Waals surface area contributed by atoms with Crippen molar-refractivity contribution in [1.29, 1.82) is 0 Å². The van der Waals surface area contributed by atoms with Gasteiger partial charge in [-0.15, -0.1) is 0 Å². The molecule has 2 aromatic carbocycles. The van der Waals surface area contributed by atoms with E-state index >= 15 is 0 Å². The van der Waals surface area contributed by atoms with Crippen LogP contribution in [0, 0.1) is 13.8 Å². The molecule has 3 aromatic rings. The number of aryl methyl sites for hydroxylation is 1. The Kier molecular flexibility index (Phi) is 7.62. The monoisotopic (exact) mass is 526 g/mol. The summed E-state index contributed by atoms with van der Waals surface area (Å²) in [7, 11) is 1.67. The highest BCUT2D eigenvalue weighted by Gasteiger charge is 2.26. The van der Waals surface area contributed by atoms with Gasteiger partial charge < -0.3 is 25.3 Å². The third-order valence-corrected chi connectivity index (χ3v) is 7.91. The zero-order valence-electron chi connectivity index (χ0n) is 23.5. The summed E-state index contributed by atoms with van der Waals surface area (Å²) in [5, 5.41) is 6.10. The molecule has 2 amide bonds. The number of nitrogens with zero attached hydrogens (tertiary/aromatic N) is 1. The first kappa shape index (κ1) is 26.8. The predicted octanol–water partition coefficient (Wildman–Crippen LogP) is 5.75. The van der Waals surface area contributed by atoms with Crippen LogP contribution < -0.4 is 15.4 Å². The number of H-pyrrole nitrogens is 1. The zero-order chi connectivity index (χ0) is 27.7. The molecule has 2 aliphatic rings. The normalized spacial score (nSPS) is 16.2. The molecular weight excluding hydrogens is 488 g/mol. The highest BCUT2D eigenvalue weighted by atomic mass is 16.5. The van der Waals surface area contributed by atoms with Crippen LogP contribution in [0.25, 0.3) is 22.8 Å². The number of methoxy groups -OCH3 is 1. The molecule has 5 rings (SSSR count). The lowest BCUT2D eigenvalue weighted by atomic mass is 9.95. The fraction of sp³-hybridized carbons (Fsp3) is 0.375. The topological polar surface area (TPSA) is 86.5 Å². The van der Waals surface area contributed by atoms with E-state index in [0.717, 1.165) is 64.7 Å². The lowest BCUT2D eigenvalue weighted by molar-refractivity contribution is -0.110. The van der Waals surface area contributed by atoms with Crippen molar-refractivity contribution in [2.45, 2.75) is 46.5 Å². The molecule has 2 aliphatic heterocycles. The minimum Gasteiger partial charge on any atom is -0.496 e. The van der Waals surface area contributed by atoms with Crippen LogP contribution >= 0.6 is 0 Å². The molecule has 204 valence electrons. The van der Waals surface area contributed by atoms with Gasteiger partial charge in [-0.1, -0.05) is 32.0 Å². The summed E-state index contributed by atoms with van der Waals surface area (Å²) in [6.45, 7) is 11.9. The standard InChI is InChI=1S/C32H38N4O3/c1-19(2)22-9-11-29(39-5)25(16-22)23-8-10-24-26(31(37)35-28(24)17-23)18-27-20(3)30(21(4)34-27)32(38)33-12-15-36-13-6-7-14-36/h8-11,16-19,34H,6-7,12-15H2,1-5H3,(H,33,38)(H,35,37)/b26-18-. The molecule has 0 unspecified atom stereocenters. The van der Waals surface area contributed by atoms with E-state index in [4.69, 9.17) is 4.74 Å². The van der Waals surface area contributed by atoms with Crippen molar-refractivity contribution in [2.75, 3.05) is 38.6 Å². The number of carbonyl (C=O) groups is 2. The third kappa shape index (κ3) is 5.36. The van der Waals surface area contributed by atoms with Gasteiger partial charge in [0.25, 0.3) is 11.8 Å². The Morgan fingerprint density at radius 2 is 1.87 bits per heavy atom. The fourth-order valence-electron chi connectivity index (χ4n) is 5.64. The van der Waals surface area contributed by atoms with Crippen LogP contribution in [0.15, 0.2) is 36.4 Å². The van der Waals surface area contributed by atoms with E-state index in [0.29, 0.717) is 23.6 Å². The summed E-state index contributed by atoms with van der Waals surface area (Å²) in [4.78, 5) is 31.8. The van der Waals surface area contributed by atoms with Crippen LogP contribution in [-0.4, -0.2) is 55.0 Å². The molecule has 0 aliphatic carbocycles. The second-order valence-electron chi connectivity index (χ2n) is 10.9. The third-order valence-electron chi connectivity index (χ3n) is 7.91. The van der Waals surface area contributed by atoms with Gasteiger partial charge in [0.15, 0.2) is 0 Å². The minimum absolute atomic E-state index is 0.0800. The number of likely N-dealkylation sites (tertiary alicyclic amines) is 1. The maximum atomic E-state index is 13.1. The second-order valence-corrected chi connectivity index (χ2v) is 10.9. The number of nitrogens with one attached hydrogen (secondary N) is 3. The first-order valence-electron chi connectivity index (χ1n) is 13.8. The van der Waals surface area contributed by atoms with Gasteiger partial charge in [0, 0.05) is 41.3 Å². The van der Waals surface area contributed by atoms with E-state index in [1.807, 2.05) is 44.2 Å².